The molecule has 1 aliphatic heterocycles. The number of ether oxygens (including phenoxy) is 1. The fraction of sp³-hybridized carbons (Fsp3) is 0.379. The van der Waals surface area contributed by atoms with Crippen molar-refractivity contribution < 1.29 is 31.1 Å². The minimum absolute atomic E-state index is 0.00690. The maximum atomic E-state index is 13.9. The number of anilines is 2. The monoisotopic (exact) mass is 617 g/mol. The zero-order valence-corrected chi connectivity index (χ0v) is 24.6. The van der Waals surface area contributed by atoms with Crippen molar-refractivity contribution in [1.82, 2.24) is 14.3 Å². The highest BCUT2D eigenvalue weighted by Gasteiger charge is 2.41. The number of aryl methyl sites for hydroxylation is 1. The van der Waals surface area contributed by atoms with Gasteiger partial charge in [-0.25, -0.2) is 27.3 Å². The number of hydrogen-bond donors (Lipinski definition) is 0. The van der Waals surface area contributed by atoms with Gasteiger partial charge < -0.3 is 4.74 Å². The van der Waals surface area contributed by atoms with E-state index in [1.165, 1.54) is 40.7 Å². The number of benzene rings is 2. The molecule has 43 heavy (non-hydrogen) atoms. The Labute approximate surface area is 246 Å². The van der Waals surface area contributed by atoms with Crippen LogP contribution in [0.5, 0.6) is 0 Å². The number of nitrogens with zero attached hydrogens (tertiary/aromatic N) is 5. The number of fused-ring (bicyclic) bond motifs is 1. The zero-order chi connectivity index (χ0) is 31.5. The third-order valence-corrected chi connectivity index (χ3v) is 8.96. The van der Waals surface area contributed by atoms with Gasteiger partial charge in [0.1, 0.15) is 15.9 Å². The SMILES string of the molecule is CCCCS(=O)(=O)CCCn1nc2n(c1=O)C(c1ccc(C#N)cc1)C(C(=O)OC)=C(C)N2c1cccc(C(F)(F)F)c1. The topological polar surface area (TPSA) is 127 Å². The van der Waals surface area contributed by atoms with Crippen LogP contribution in [0.4, 0.5) is 24.8 Å². The smallest absolute Gasteiger partial charge is 0.416 e. The number of halogens is 3. The van der Waals surface area contributed by atoms with Gasteiger partial charge in [-0.3, -0.25) is 4.90 Å². The first-order valence-corrected chi connectivity index (χ1v) is 15.3. The molecule has 0 N–H and O–H groups in total. The number of allylic oxidation sites excluding steroid dienone is 1. The summed E-state index contributed by atoms with van der Waals surface area (Å²) >= 11 is 0. The van der Waals surface area contributed by atoms with Crippen LogP contribution in [0.2, 0.25) is 0 Å². The average Bonchev–Trinajstić information content (AvgIpc) is 3.29. The molecule has 2 heterocycles. The summed E-state index contributed by atoms with van der Waals surface area (Å²) in [6.07, 6.45) is -3.37. The highest BCUT2D eigenvalue weighted by molar-refractivity contribution is 7.91. The minimum Gasteiger partial charge on any atom is -0.466 e. The maximum Gasteiger partial charge on any atom is 0.416 e. The molecule has 1 unspecified atom stereocenters. The molecule has 0 radical (unpaired) electrons. The number of methoxy groups -OCH3 is 1. The van der Waals surface area contributed by atoms with Gasteiger partial charge in [0.2, 0.25) is 5.95 Å². The van der Waals surface area contributed by atoms with Gasteiger partial charge in [0.05, 0.1) is 41.4 Å². The molecule has 1 atom stereocenters. The van der Waals surface area contributed by atoms with Crippen LogP contribution >= 0.6 is 0 Å². The van der Waals surface area contributed by atoms with Gasteiger partial charge in [-0.05, 0) is 55.7 Å². The molecule has 0 saturated carbocycles. The number of aromatic nitrogens is 3. The summed E-state index contributed by atoms with van der Waals surface area (Å²) in [5.41, 5.74) is -0.760. The Hall–Kier alpha value is -4.38. The number of carbonyl (C=O) groups is 1. The molecule has 0 spiro atoms. The summed E-state index contributed by atoms with van der Waals surface area (Å²) in [6, 6.07) is 11.4. The molecular formula is C29H30F3N5O5S. The van der Waals surface area contributed by atoms with Crippen molar-refractivity contribution >= 4 is 27.4 Å². The van der Waals surface area contributed by atoms with Crippen LogP contribution in [-0.2, 0) is 32.1 Å². The Morgan fingerprint density at radius 3 is 2.40 bits per heavy atom. The Kier molecular flexibility index (Phi) is 9.15. The van der Waals surface area contributed by atoms with Gasteiger partial charge in [-0.2, -0.15) is 18.4 Å². The molecule has 14 heteroatoms. The van der Waals surface area contributed by atoms with Gasteiger partial charge in [0, 0.05) is 17.9 Å². The first-order valence-electron chi connectivity index (χ1n) is 13.5. The molecule has 0 fully saturated rings. The molecular weight excluding hydrogens is 587 g/mol. The Morgan fingerprint density at radius 1 is 1.12 bits per heavy atom. The predicted octanol–water partition coefficient (Wildman–Crippen LogP) is 4.73. The molecule has 10 nitrogen and oxygen atoms in total. The van der Waals surface area contributed by atoms with Crippen LogP contribution in [-0.4, -0.2) is 47.4 Å². The lowest BCUT2D eigenvalue weighted by atomic mass is 9.93. The van der Waals surface area contributed by atoms with Crippen molar-refractivity contribution in [3.05, 3.63) is 87.0 Å². The first-order chi connectivity index (χ1) is 20.3. The summed E-state index contributed by atoms with van der Waals surface area (Å²) in [6.45, 7) is 3.30. The van der Waals surface area contributed by atoms with E-state index < -0.39 is 39.3 Å². The molecule has 228 valence electrons. The number of rotatable bonds is 10. The normalized spacial score (nSPS) is 15.3. The highest BCUT2D eigenvalue weighted by Crippen LogP contribution is 2.43. The Balaban J connectivity index is 1.91. The van der Waals surface area contributed by atoms with E-state index in [0.717, 1.165) is 23.9 Å². The van der Waals surface area contributed by atoms with Gasteiger partial charge in [0.25, 0.3) is 0 Å². The zero-order valence-electron chi connectivity index (χ0n) is 23.8. The molecule has 1 aromatic heterocycles. The fourth-order valence-corrected chi connectivity index (χ4v) is 6.49. The predicted molar refractivity (Wildman–Crippen MR) is 152 cm³/mol. The maximum absolute atomic E-state index is 13.9. The number of sulfone groups is 1. The Morgan fingerprint density at radius 2 is 1.79 bits per heavy atom. The second kappa shape index (κ2) is 12.5. The lowest BCUT2D eigenvalue weighted by Crippen LogP contribution is -2.38. The molecule has 3 aromatic rings. The molecule has 0 saturated heterocycles. The summed E-state index contributed by atoms with van der Waals surface area (Å²) in [5, 5.41) is 13.7. The van der Waals surface area contributed by atoms with Crippen molar-refractivity contribution in [3.63, 3.8) is 0 Å². The van der Waals surface area contributed by atoms with E-state index in [0.29, 0.717) is 24.0 Å². The second-order valence-corrected chi connectivity index (χ2v) is 12.3. The lowest BCUT2D eigenvalue weighted by Gasteiger charge is -2.35. The second-order valence-electron chi connectivity index (χ2n) is 10.0. The fourth-order valence-electron chi connectivity index (χ4n) is 4.99. The van der Waals surface area contributed by atoms with E-state index in [-0.39, 0.29) is 47.4 Å². The van der Waals surface area contributed by atoms with Crippen molar-refractivity contribution in [2.24, 2.45) is 0 Å². The van der Waals surface area contributed by atoms with Crippen LogP contribution in [0.1, 0.15) is 55.8 Å². The molecule has 0 amide bonds. The van der Waals surface area contributed by atoms with Crippen LogP contribution in [0, 0.1) is 11.3 Å². The Bertz CT molecular complexity index is 1750. The number of hydrogen-bond acceptors (Lipinski definition) is 8. The molecule has 0 bridgehead atoms. The van der Waals surface area contributed by atoms with Gasteiger partial charge >= 0.3 is 17.8 Å². The summed E-state index contributed by atoms with van der Waals surface area (Å²) in [7, 11) is -2.21. The number of alkyl halides is 3. The van der Waals surface area contributed by atoms with Crippen molar-refractivity contribution in [2.75, 3.05) is 23.5 Å². The van der Waals surface area contributed by atoms with Gasteiger partial charge in [-0.1, -0.05) is 31.5 Å². The van der Waals surface area contributed by atoms with E-state index >= 15 is 0 Å². The van der Waals surface area contributed by atoms with Crippen molar-refractivity contribution in [2.45, 2.75) is 51.9 Å². The summed E-state index contributed by atoms with van der Waals surface area (Å²) < 4.78 is 73.1. The molecule has 2 aromatic carbocycles. The quantitative estimate of drug-likeness (QED) is 0.299. The van der Waals surface area contributed by atoms with Crippen molar-refractivity contribution in [3.8, 4) is 6.07 Å². The first kappa shape index (κ1) is 31.6. The standard InChI is InChI=1S/C29H30F3N5O5S/c1-4-5-15-43(40,41)16-7-14-35-28(39)37-25(21-12-10-20(18-33)11-13-21)24(26(38)42-3)19(2)36(27(37)34-35)23-9-6-8-22(17-23)29(30,31)32/h6,8-13,17,25H,4-5,7,14-16H2,1-3H3. The average molecular weight is 618 g/mol. The van der Waals surface area contributed by atoms with E-state index in [9.17, 15) is 36.4 Å². The van der Waals surface area contributed by atoms with Crippen LogP contribution < -0.4 is 10.6 Å². The van der Waals surface area contributed by atoms with Crippen molar-refractivity contribution in [1.29, 1.82) is 5.26 Å². The molecule has 4 rings (SSSR count). The largest absolute Gasteiger partial charge is 0.466 e. The van der Waals surface area contributed by atoms with Gasteiger partial charge in [-0.15, -0.1) is 5.10 Å². The highest BCUT2D eigenvalue weighted by atomic mass is 32.2. The lowest BCUT2D eigenvalue weighted by molar-refractivity contribution is -0.138. The van der Waals surface area contributed by atoms with E-state index in [1.807, 2.05) is 13.0 Å². The van der Waals surface area contributed by atoms with E-state index in [2.05, 4.69) is 5.10 Å². The van der Waals surface area contributed by atoms with Crippen LogP contribution in [0.25, 0.3) is 0 Å². The number of unbranched alkanes of at least 4 members (excludes halogenated alkanes) is 1. The van der Waals surface area contributed by atoms with Crippen LogP contribution in [0.15, 0.2) is 64.6 Å². The number of carbonyl (C=O) groups excluding carboxylic acids is 1. The summed E-state index contributed by atoms with van der Waals surface area (Å²) in [4.78, 5) is 28.4. The van der Waals surface area contributed by atoms with Gasteiger partial charge in [0.15, 0.2) is 0 Å². The minimum atomic E-state index is -4.66. The third-order valence-electron chi connectivity index (χ3n) is 7.14. The number of esters is 1. The summed E-state index contributed by atoms with van der Waals surface area (Å²) in [5.74, 6) is -1.05. The van der Waals surface area contributed by atoms with E-state index in [4.69, 9.17) is 4.74 Å². The van der Waals surface area contributed by atoms with Crippen LogP contribution in [0.3, 0.4) is 0 Å². The van der Waals surface area contributed by atoms with E-state index in [1.54, 1.807) is 12.1 Å². The third kappa shape index (κ3) is 6.51. The molecule has 0 aliphatic carbocycles. The number of nitriles is 1. The molecule has 1 aliphatic rings.